The molecule has 1 heterocycles. The highest BCUT2D eigenvalue weighted by Gasteiger charge is 2.15. The van der Waals surface area contributed by atoms with Crippen LogP contribution in [0.25, 0.3) is 0 Å². The fraction of sp³-hybridized carbons (Fsp3) is 0.143. The zero-order valence-corrected chi connectivity index (χ0v) is 13.5. The first-order valence-corrected chi connectivity index (χ1v) is 8.19. The number of rotatable bonds is 3. The Balaban J connectivity index is 2.55. The normalized spacial score (nSPS) is 12.5. The third-order valence-corrected chi connectivity index (χ3v) is 4.41. The van der Waals surface area contributed by atoms with Gasteiger partial charge in [0.1, 0.15) is 4.90 Å². The molecule has 0 aliphatic rings. The summed E-state index contributed by atoms with van der Waals surface area (Å²) in [5.74, 6) is -0.594. The van der Waals surface area contributed by atoms with Crippen LogP contribution in [0.3, 0.4) is 0 Å². The Morgan fingerprint density at radius 2 is 1.82 bits per heavy atom. The number of sulfonamides is 1. The number of aromatic nitrogens is 1. The van der Waals surface area contributed by atoms with E-state index in [-0.39, 0.29) is 15.5 Å². The summed E-state index contributed by atoms with van der Waals surface area (Å²) >= 11 is 5.79. The van der Waals surface area contributed by atoms with Crippen LogP contribution in [-0.4, -0.2) is 14.3 Å². The molecule has 0 aliphatic heterocycles. The fourth-order valence-electron chi connectivity index (χ4n) is 1.91. The van der Waals surface area contributed by atoms with Gasteiger partial charge in [-0.3, -0.25) is 0 Å². The fourth-order valence-corrected chi connectivity index (χ4v) is 2.98. The van der Waals surface area contributed by atoms with Gasteiger partial charge in [0.2, 0.25) is 21.4 Å². The molecule has 0 saturated heterocycles. The molecule has 0 atom stereocenters. The van der Waals surface area contributed by atoms with E-state index in [1.165, 1.54) is 16.8 Å². The standard InChI is InChI=1S/C14H14ClN3O3S/c1-9-4-3-5-10(2)18(9)17-14(19)11-6-7-12(15)13(8-11)22(16,20)21/h3-8H,1-2H3,(H2-,16,17,19,20,21). The molecular formula is C14H14ClN3O3S. The average Bonchev–Trinajstić information content (AvgIpc) is 2.42. The van der Waals surface area contributed by atoms with Crippen LogP contribution in [0.15, 0.2) is 46.4 Å². The molecule has 22 heavy (non-hydrogen) atoms. The van der Waals surface area contributed by atoms with Crippen LogP contribution >= 0.6 is 11.6 Å². The van der Waals surface area contributed by atoms with Crippen molar-refractivity contribution in [3.8, 4) is 0 Å². The lowest BCUT2D eigenvalue weighted by molar-refractivity contribution is -0.693. The summed E-state index contributed by atoms with van der Waals surface area (Å²) in [4.78, 5) is -0.304. The van der Waals surface area contributed by atoms with E-state index in [2.05, 4.69) is 5.10 Å². The topological polar surface area (TPSA) is 99.5 Å². The van der Waals surface area contributed by atoms with Gasteiger partial charge < -0.3 is 5.11 Å². The highest BCUT2D eigenvalue weighted by Crippen LogP contribution is 2.21. The van der Waals surface area contributed by atoms with Gasteiger partial charge in [0, 0.05) is 26.0 Å². The van der Waals surface area contributed by atoms with Gasteiger partial charge in [0.15, 0.2) is 0 Å². The molecule has 0 spiro atoms. The van der Waals surface area contributed by atoms with E-state index in [1.54, 1.807) is 26.0 Å². The second-order valence-corrected chi connectivity index (χ2v) is 6.65. The first kappa shape index (κ1) is 16.4. The Bertz CT molecular complexity index is 843. The summed E-state index contributed by atoms with van der Waals surface area (Å²) in [5, 5.41) is 21.2. The van der Waals surface area contributed by atoms with Crippen molar-refractivity contribution in [2.75, 3.05) is 0 Å². The van der Waals surface area contributed by atoms with Gasteiger partial charge in [-0.25, -0.2) is 13.6 Å². The molecule has 1 aromatic heterocycles. The Morgan fingerprint density at radius 3 is 2.36 bits per heavy atom. The maximum Gasteiger partial charge on any atom is 0.239 e. The van der Waals surface area contributed by atoms with Crippen molar-refractivity contribution in [3.63, 3.8) is 0 Å². The maximum absolute atomic E-state index is 12.2. The molecule has 8 heteroatoms. The largest absolute Gasteiger partial charge is 0.854 e. The number of halogens is 1. The minimum atomic E-state index is -4.01. The number of nitrogens with two attached hydrogens (primary N) is 1. The molecule has 0 fully saturated rings. The van der Waals surface area contributed by atoms with Crippen molar-refractivity contribution < 1.29 is 18.2 Å². The number of hydrogen-bond acceptors (Lipinski definition) is 4. The smallest absolute Gasteiger partial charge is 0.239 e. The molecule has 6 nitrogen and oxygen atoms in total. The van der Waals surface area contributed by atoms with E-state index in [0.717, 1.165) is 17.5 Å². The molecule has 116 valence electrons. The second kappa shape index (κ2) is 6.04. The SMILES string of the molecule is Cc1cccc(C)[n+]1N=C([O-])c1ccc(Cl)c(S(N)(=O)=O)c1. The molecule has 0 aliphatic carbocycles. The number of nitrogens with zero attached hydrogens (tertiary/aromatic N) is 2. The average molecular weight is 340 g/mol. The number of benzene rings is 1. The third kappa shape index (κ3) is 3.44. The molecule has 2 aromatic rings. The van der Waals surface area contributed by atoms with E-state index >= 15 is 0 Å². The van der Waals surface area contributed by atoms with Crippen molar-refractivity contribution >= 4 is 27.5 Å². The van der Waals surface area contributed by atoms with Crippen molar-refractivity contribution in [2.45, 2.75) is 18.7 Å². The summed E-state index contributed by atoms with van der Waals surface area (Å²) in [6, 6.07) is 9.29. The van der Waals surface area contributed by atoms with E-state index in [4.69, 9.17) is 16.7 Å². The van der Waals surface area contributed by atoms with Crippen molar-refractivity contribution in [3.05, 3.63) is 58.4 Å². The van der Waals surface area contributed by atoms with Gasteiger partial charge in [-0.05, 0) is 28.9 Å². The Morgan fingerprint density at radius 1 is 1.23 bits per heavy atom. The quantitative estimate of drug-likeness (QED) is 0.499. The zero-order chi connectivity index (χ0) is 16.5. The van der Waals surface area contributed by atoms with Crippen molar-refractivity contribution in [1.82, 2.24) is 0 Å². The van der Waals surface area contributed by atoms with Crippen LogP contribution in [0.5, 0.6) is 0 Å². The van der Waals surface area contributed by atoms with E-state index in [1.807, 2.05) is 6.07 Å². The summed E-state index contributed by atoms with van der Waals surface area (Å²) in [6.07, 6.45) is 0. The number of primary sulfonamides is 1. The summed E-state index contributed by atoms with van der Waals surface area (Å²) in [7, 11) is -4.01. The van der Waals surface area contributed by atoms with Crippen LogP contribution < -0.4 is 14.9 Å². The Hall–Kier alpha value is -1.96. The zero-order valence-electron chi connectivity index (χ0n) is 11.9. The van der Waals surface area contributed by atoms with Crippen LogP contribution in [-0.2, 0) is 10.0 Å². The molecule has 2 rings (SSSR count). The lowest BCUT2D eigenvalue weighted by Crippen LogP contribution is -2.39. The lowest BCUT2D eigenvalue weighted by atomic mass is 10.2. The second-order valence-electron chi connectivity index (χ2n) is 4.72. The molecule has 0 amide bonds. The first-order chi connectivity index (χ1) is 10.2. The predicted molar refractivity (Wildman–Crippen MR) is 80.9 cm³/mol. The minimum absolute atomic E-state index is 0.0428. The summed E-state index contributed by atoms with van der Waals surface area (Å²) < 4.78 is 24.4. The van der Waals surface area contributed by atoms with Crippen LogP contribution in [0.1, 0.15) is 17.0 Å². The number of pyridine rings is 1. The van der Waals surface area contributed by atoms with Gasteiger partial charge in [0.25, 0.3) is 0 Å². The third-order valence-electron chi connectivity index (χ3n) is 3.02. The van der Waals surface area contributed by atoms with Crippen LogP contribution in [0, 0.1) is 13.8 Å². The first-order valence-electron chi connectivity index (χ1n) is 6.27. The Kier molecular flexibility index (Phi) is 4.50. The lowest BCUT2D eigenvalue weighted by Gasteiger charge is -2.10. The van der Waals surface area contributed by atoms with E-state index in [9.17, 15) is 13.5 Å². The predicted octanol–water partition coefficient (Wildman–Crippen LogP) is 0.462. The van der Waals surface area contributed by atoms with Gasteiger partial charge in [-0.1, -0.05) is 22.3 Å². The molecule has 0 radical (unpaired) electrons. The summed E-state index contributed by atoms with van der Waals surface area (Å²) in [6.45, 7) is 3.61. The van der Waals surface area contributed by atoms with Crippen LogP contribution in [0.2, 0.25) is 5.02 Å². The molecule has 1 aromatic carbocycles. The van der Waals surface area contributed by atoms with Gasteiger partial charge in [0.05, 0.1) is 10.9 Å². The highest BCUT2D eigenvalue weighted by molar-refractivity contribution is 7.89. The van der Waals surface area contributed by atoms with E-state index in [0.29, 0.717) is 0 Å². The van der Waals surface area contributed by atoms with E-state index < -0.39 is 15.9 Å². The van der Waals surface area contributed by atoms with Crippen molar-refractivity contribution in [1.29, 1.82) is 0 Å². The van der Waals surface area contributed by atoms with Crippen molar-refractivity contribution in [2.24, 2.45) is 10.2 Å². The van der Waals surface area contributed by atoms with Crippen LogP contribution in [0.4, 0.5) is 0 Å². The summed E-state index contributed by atoms with van der Waals surface area (Å²) in [5.41, 5.74) is 1.63. The number of hydrogen-bond donors (Lipinski definition) is 1. The minimum Gasteiger partial charge on any atom is -0.854 e. The van der Waals surface area contributed by atoms with Gasteiger partial charge >= 0.3 is 0 Å². The molecule has 2 N–H and O–H groups in total. The molecular weight excluding hydrogens is 326 g/mol. The molecule has 0 unspecified atom stereocenters. The molecule has 0 saturated carbocycles. The highest BCUT2D eigenvalue weighted by atomic mass is 35.5. The van der Waals surface area contributed by atoms with Gasteiger partial charge in [-0.15, -0.1) is 0 Å². The maximum atomic E-state index is 12.2. The monoisotopic (exact) mass is 339 g/mol. The number of aryl methyl sites for hydroxylation is 2. The Labute approximate surface area is 133 Å². The molecule has 0 bridgehead atoms. The van der Waals surface area contributed by atoms with Gasteiger partial charge in [-0.2, -0.15) is 0 Å².